The second-order valence-electron chi connectivity index (χ2n) is 5.69. The lowest BCUT2D eigenvalue weighted by Crippen LogP contribution is -2.30. The van der Waals surface area contributed by atoms with E-state index in [1.54, 1.807) is 38.1 Å². The normalized spacial score (nSPS) is 11.1. The summed E-state index contributed by atoms with van der Waals surface area (Å²) in [6.45, 7) is 3.46. The Balaban J connectivity index is 2.09. The lowest BCUT2D eigenvalue weighted by Gasteiger charge is -2.10. The number of hydrogen-bond donors (Lipinski definition) is 1. The van der Waals surface area contributed by atoms with Crippen LogP contribution in [0.2, 0.25) is 0 Å². The van der Waals surface area contributed by atoms with Crippen molar-refractivity contribution in [3.05, 3.63) is 65.2 Å². The van der Waals surface area contributed by atoms with E-state index in [1.165, 1.54) is 24.3 Å². The molecule has 2 rings (SSSR count). The summed E-state index contributed by atoms with van der Waals surface area (Å²) >= 11 is 0. The molecule has 7 heteroatoms. The van der Waals surface area contributed by atoms with Gasteiger partial charge in [0.1, 0.15) is 6.61 Å². The fraction of sp³-hybridized carbons (Fsp3) is 0.222. The number of nitrogens with one attached hydrogen (secondary N) is 1. The van der Waals surface area contributed by atoms with Crippen LogP contribution in [0.15, 0.2) is 53.4 Å². The van der Waals surface area contributed by atoms with Crippen LogP contribution < -0.4 is 4.72 Å². The van der Waals surface area contributed by atoms with Crippen LogP contribution in [0.25, 0.3) is 0 Å². The van der Waals surface area contributed by atoms with Crippen molar-refractivity contribution in [1.29, 1.82) is 5.26 Å². The Morgan fingerprint density at radius 3 is 2.48 bits per heavy atom. The molecule has 0 aliphatic carbocycles. The van der Waals surface area contributed by atoms with Gasteiger partial charge in [0.15, 0.2) is 0 Å². The number of carbonyl (C=O) groups is 1. The number of ether oxygens (including phenoxy) is 1. The summed E-state index contributed by atoms with van der Waals surface area (Å²) in [5.74, 6) is -0.619. The maximum atomic E-state index is 12.2. The van der Waals surface area contributed by atoms with Gasteiger partial charge in [0, 0.05) is 6.04 Å². The van der Waals surface area contributed by atoms with E-state index in [-0.39, 0.29) is 23.1 Å². The van der Waals surface area contributed by atoms with Crippen LogP contribution in [-0.2, 0) is 21.4 Å². The third-order valence-corrected chi connectivity index (χ3v) is 4.88. The molecule has 0 atom stereocenters. The molecule has 130 valence electrons. The minimum atomic E-state index is -3.68. The first-order valence-electron chi connectivity index (χ1n) is 7.60. The number of sulfonamides is 1. The van der Waals surface area contributed by atoms with Crippen LogP contribution in [0, 0.1) is 11.3 Å². The molecule has 0 saturated carbocycles. The van der Waals surface area contributed by atoms with Gasteiger partial charge in [-0.3, -0.25) is 0 Å². The molecular weight excluding hydrogens is 340 g/mol. The second-order valence-corrected chi connectivity index (χ2v) is 7.40. The lowest BCUT2D eigenvalue weighted by atomic mass is 10.1. The molecule has 0 aliphatic rings. The van der Waals surface area contributed by atoms with Crippen LogP contribution in [-0.4, -0.2) is 20.4 Å². The Morgan fingerprint density at radius 1 is 1.20 bits per heavy atom. The van der Waals surface area contributed by atoms with E-state index in [2.05, 4.69) is 4.72 Å². The van der Waals surface area contributed by atoms with Crippen molar-refractivity contribution >= 4 is 16.0 Å². The Morgan fingerprint density at radius 2 is 1.88 bits per heavy atom. The van der Waals surface area contributed by atoms with E-state index in [9.17, 15) is 13.2 Å². The van der Waals surface area contributed by atoms with Crippen molar-refractivity contribution in [1.82, 2.24) is 4.72 Å². The van der Waals surface area contributed by atoms with E-state index in [1.807, 2.05) is 6.07 Å². The Kier molecular flexibility index (Phi) is 5.91. The van der Waals surface area contributed by atoms with E-state index in [0.29, 0.717) is 5.56 Å². The molecule has 0 fully saturated rings. The highest BCUT2D eigenvalue weighted by Crippen LogP contribution is 2.14. The van der Waals surface area contributed by atoms with Gasteiger partial charge in [0.05, 0.1) is 22.1 Å². The molecule has 0 bridgehead atoms. The van der Waals surface area contributed by atoms with Crippen molar-refractivity contribution in [3.63, 3.8) is 0 Å². The first-order chi connectivity index (χ1) is 11.8. The first-order valence-corrected chi connectivity index (χ1v) is 9.08. The molecule has 0 heterocycles. The SMILES string of the molecule is CC(C)NS(=O)(=O)c1cccc(C(=O)OCc2ccc(C#N)cc2)c1. The smallest absolute Gasteiger partial charge is 0.338 e. The number of nitrogens with zero attached hydrogens (tertiary/aromatic N) is 1. The fourth-order valence-electron chi connectivity index (χ4n) is 2.08. The van der Waals surface area contributed by atoms with Crippen molar-refractivity contribution in [2.45, 2.75) is 31.4 Å². The molecule has 0 amide bonds. The molecule has 0 spiro atoms. The van der Waals surface area contributed by atoms with Crippen molar-refractivity contribution in [2.24, 2.45) is 0 Å². The van der Waals surface area contributed by atoms with Gasteiger partial charge in [0.25, 0.3) is 0 Å². The van der Waals surface area contributed by atoms with Crippen LogP contribution in [0.5, 0.6) is 0 Å². The average molecular weight is 358 g/mol. The number of esters is 1. The van der Waals surface area contributed by atoms with Crippen molar-refractivity contribution < 1.29 is 17.9 Å². The minimum Gasteiger partial charge on any atom is -0.457 e. The zero-order valence-electron chi connectivity index (χ0n) is 13.9. The lowest BCUT2D eigenvalue weighted by molar-refractivity contribution is 0.0472. The van der Waals surface area contributed by atoms with Gasteiger partial charge < -0.3 is 4.74 Å². The monoisotopic (exact) mass is 358 g/mol. The van der Waals surface area contributed by atoms with E-state index < -0.39 is 16.0 Å². The Bertz CT molecular complexity index is 897. The summed E-state index contributed by atoms with van der Waals surface area (Å²) in [7, 11) is -3.68. The molecule has 0 unspecified atom stereocenters. The number of carbonyl (C=O) groups excluding carboxylic acids is 1. The second kappa shape index (κ2) is 7.92. The molecule has 0 aliphatic heterocycles. The van der Waals surface area contributed by atoms with Gasteiger partial charge in [-0.2, -0.15) is 5.26 Å². The summed E-state index contributed by atoms with van der Waals surface area (Å²) in [4.78, 5) is 12.2. The third kappa shape index (κ3) is 5.14. The van der Waals surface area contributed by atoms with Gasteiger partial charge in [-0.25, -0.2) is 17.9 Å². The highest BCUT2D eigenvalue weighted by atomic mass is 32.2. The zero-order valence-corrected chi connectivity index (χ0v) is 14.7. The highest BCUT2D eigenvalue weighted by molar-refractivity contribution is 7.89. The van der Waals surface area contributed by atoms with Crippen molar-refractivity contribution in [2.75, 3.05) is 0 Å². The average Bonchev–Trinajstić information content (AvgIpc) is 2.59. The molecule has 2 aromatic rings. The molecule has 0 radical (unpaired) electrons. The maximum Gasteiger partial charge on any atom is 0.338 e. The summed E-state index contributed by atoms with van der Waals surface area (Å²) in [6.07, 6.45) is 0. The van der Waals surface area contributed by atoms with Crippen LogP contribution in [0.3, 0.4) is 0 Å². The Labute approximate surface area is 147 Å². The third-order valence-electron chi connectivity index (χ3n) is 3.22. The van der Waals surface area contributed by atoms with Gasteiger partial charge in [-0.05, 0) is 49.7 Å². The number of nitriles is 1. The molecule has 25 heavy (non-hydrogen) atoms. The molecule has 0 aromatic heterocycles. The van der Waals surface area contributed by atoms with E-state index in [4.69, 9.17) is 10.00 Å². The zero-order chi connectivity index (χ0) is 18.4. The first kappa shape index (κ1) is 18.6. The van der Waals surface area contributed by atoms with Crippen LogP contribution in [0.1, 0.15) is 35.3 Å². The predicted molar refractivity (Wildman–Crippen MR) is 92.2 cm³/mol. The van der Waals surface area contributed by atoms with Gasteiger partial charge in [-0.1, -0.05) is 18.2 Å². The number of rotatable bonds is 6. The van der Waals surface area contributed by atoms with Crippen LogP contribution in [0.4, 0.5) is 0 Å². The molecule has 6 nitrogen and oxygen atoms in total. The molecule has 1 N–H and O–H groups in total. The molecule has 0 saturated heterocycles. The number of hydrogen-bond acceptors (Lipinski definition) is 5. The molecule has 2 aromatic carbocycles. The van der Waals surface area contributed by atoms with Gasteiger partial charge in [0.2, 0.25) is 10.0 Å². The number of benzene rings is 2. The maximum absolute atomic E-state index is 12.2. The Hall–Kier alpha value is -2.69. The van der Waals surface area contributed by atoms with Crippen molar-refractivity contribution in [3.8, 4) is 6.07 Å². The van der Waals surface area contributed by atoms with E-state index in [0.717, 1.165) is 5.56 Å². The summed E-state index contributed by atoms with van der Waals surface area (Å²) in [5, 5.41) is 8.75. The topological polar surface area (TPSA) is 96.3 Å². The highest BCUT2D eigenvalue weighted by Gasteiger charge is 2.17. The van der Waals surface area contributed by atoms with Gasteiger partial charge >= 0.3 is 5.97 Å². The largest absolute Gasteiger partial charge is 0.457 e. The quantitative estimate of drug-likeness (QED) is 0.801. The minimum absolute atomic E-state index is 0.00835. The van der Waals surface area contributed by atoms with Crippen LogP contribution >= 0.6 is 0 Å². The fourth-order valence-corrected chi connectivity index (χ4v) is 3.37. The van der Waals surface area contributed by atoms with Gasteiger partial charge in [-0.15, -0.1) is 0 Å². The molecular formula is C18H18N2O4S. The van der Waals surface area contributed by atoms with E-state index >= 15 is 0 Å². The summed E-state index contributed by atoms with van der Waals surface area (Å²) < 4.78 is 32.0. The summed E-state index contributed by atoms with van der Waals surface area (Å²) in [6, 6.07) is 14.1. The predicted octanol–water partition coefficient (Wildman–Crippen LogP) is 2.60. The summed E-state index contributed by atoms with van der Waals surface area (Å²) in [5.41, 5.74) is 1.41. The standard InChI is InChI=1S/C18H18N2O4S/c1-13(2)20-25(22,23)17-5-3-4-16(10-17)18(21)24-12-15-8-6-14(11-19)7-9-15/h3-10,13,20H,12H2,1-2H3.